The van der Waals surface area contributed by atoms with Crippen LogP contribution in [-0.2, 0) is 23.8 Å². The van der Waals surface area contributed by atoms with Gasteiger partial charge >= 0.3 is 11.9 Å². The topological polar surface area (TPSA) is 102 Å². The van der Waals surface area contributed by atoms with Gasteiger partial charge in [0.25, 0.3) is 0 Å². The minimum Gasteiger partial charge on any atom is -0.478 e. The molecule has 0 bridgehead atoms. The highest BCUT2D eigenvalue weighted by atomic mass is 16.5. The maximum Gasteiger partial charge on any atom is 0.334 e. The first-order chi connectivity index (χ1) is 10.8. The first-order valence-electron chi connectivity index (χ1n) is 7.44. The fraction of sp³-hybridized carbons (Fsp3) is 0.625. The van der Waals surface area contributed by atoms with Crippen molar-refractivity contribution in [2.24, 2.45) is 0 Å². The maximum atomic E-state index is 11.6. The Labute approximate surface area is 136 Å². The van der Waals surface area contributed by atoms with Crippen LogP contribution >= 0.6 is 0 Å². The number of ether oxygens (including phenoxy) is 3. The highest BCUT2D eigenvalue weighted by molar-refractivity contribution is 5.88. The van der Waals surface area contributed by atoms with Crippen LogP contribution in [0.1, 0.15) is 27.7 Å². The van der Waals surface area contributed by atoms with Crippen molar-refractivity contribution in [3.05, 3.63) is 23.3 Å². The largest absolute Gasteiger partial charge is 0.478 e. The highest BCUT2D eigenvalue weighted by Crippen LogP contribution is 2.20. The standard InChI is InChI=1S/C16H26O7/c1-6-22-11(4)14(12(5)23-7-2)13(16(19)20)9-21-8-10(3)15(17)18/h11-12H,3,6-9H2,1-2,4-5H3,(H,17,18)(H,19,20). The SMILES string of the molecule is C=C(COCC(C(=O)O)=C(C(C)OCC)C(C)OCC)C(=O)O. The summed E-state index contributed by atoms with van der Waals surface area (Å²) in [5.74, 6) is -2.34. The molecule has 0 rings (SSSR count). The van der Waals surface area contributed by atoms with Gasteiger partial charge in [0.1, 0.15) is 0 Å². The van der Waals surface area contributed by atoms with E-state index in [2.05, 4.69) is 6.58 Å². The summed E-state index contributed by atoms with van der Waals surface area (Å²) in [4.78, 5) is 22.3. The molecular formula is C16H26O7. The molecule has 0 radical (unpaired) electrons. The molecule has 0 aromatic rings. The zero-order valence-electron chi connectivity index (χ0n) is 14.1. The van der Waals surface area contributed by atoms with Crippen molar-refractivity contribution in [3.63, 3.8) is 0 Å². The van der Waals surface area contributed by atoms with E-state index in [0.29, 0.717) is 18.8 Å². The van der Waals surface area contributed by atoms with E-state index in [1.165, 1.54) is 0 Å². The van der Waals surface area contributed by atoms with Crippen molar-refractivity contribution in [2.45, 2.75) is 39.9 Å². The molecule has 0 aliphatic heterocycles. The third-order valence-corrected chi connectivity index (χ3v) is 3.14. The summed E-state index contributed by atoms with van der Waals surface area (Å²) in [6, 6.07) is 0. The van der Waals surface area contributed by atoms with E-state index in [-0.39, 0.29) is 24.4 Å². The second kappa shape index (κ2) is 10.9. The van der Waals surface area contributed by atoms with Crippen molar-refractivity contribution in [1.82, 2.24) is 0 Å². The predicted octanol–water partition coefficient (Wildman–Crippen LogP) is 1.88. The molecule has 7 heteroatoms. The third-order valence-electron chi connectivity index (χ3n) is 3.14. The van der Waals surface area contributed by atoms with Crippen LogP contribution in [0.15, 0.2) is 23.3 Å². The summed E-state index contributed by atoms with van der Waals surface area (Å²) < 4.78 is 16.2. The van der Waals surface area contributed by atoms with Crippen LogP contribution in [-0.4, -0.2) is 60.8 Å². The Morgan fingerprint density at radius 2 is 1.43 bits per heavy atom. The number of rotatable bonds is 12. The van der Waals surface area contributed by atoms with Crippen LogP contribution in [0.25, 0.3) is 0 Å². The molecule has 0 aromatic heterocycles. The van der Waals surface area contributed by atoms with Crippen molar-refractivity contribution in [1.29, 1.82) is 0 Å². The van der Waals surface area contributed by atoms with Gasteiger partial charge in [0.15, 0.2) is 0 Å². The van der Waals surface area contributed by atoms with E-state index in [9.17, 15) is 14.7 Å². The summed E-state index contributed by atoms with van der Waals surface area (Å²) in [5.41, 5.74) is 0.333. The zero-order chi connectivity index (χ0) is 18.0. The van der Waals surface area contributed by atoms with E-state index in [1.807, 2.05) is 13.8 Å². The van der Waals surface area contributed by atoms with Crippen LogP contribution in [0, 0.1) is 0 Å². The monoisotopic (exact) mass is 330 g/mol. The van der Waals surface area contributed by atoms with Gasteiger partial charge in [-0.25, -0.2) is 9.59 Å². The summed E-state index contributed by atoms with van der Waals surface area (Å²) in [7, 11) is 0. The second-order valence-electron chi connectivity index (χ2n) is 4.84. The Bertz CT molecular complexity index is 439. The first-order valence-corrected chi connectivity index (χ1v) is 7.44. The van der Waals surface area contributed by atoms with Gasteiger partial charge in [-0.1, -0.05) is 6.58 Å². The Balaban J connectivity index is 5.35. The molecule has 0 heterocycles. The Hall–Kier alpha value is -1.70. The minimum absolute atomic E-state index is 0.00471. The zero-order valence-corrected chi connectivity index (χ0v) is 14.1. The lowest BCUT2D eigenvalue weighted by Crippen LogP contribution is -2.28. The van der Waals surface area contributed by atoms with Gasteiger partial charge < -0.3 is 24.4 Å². The number of hydrogen-bond donors (Lipinski definition) is 2. The molecule has 0 saturated heterocycles. The molecule has 0 saturated carbocycles. The van der Waals surface area contributed by atoms with Gasteiger partial charge in [-0.15, -0.1) is 0 Å². The van der Waals surface area contributed by atoms with Crippen LogP contribution in [0.4, 0.5) is 0 Å². The van der Waals surface area contributed by atoms with E-state index in [0.717, 1.165) is 0 Å². The molecular weight excluding hydrogens is 304 g/mol. The van der Waals surface area contributed by atoms with Crippen molar-refractivity contribution in [3.8, 4) is 0 Å². The van der Waals surface area contributed by atoms with Gasteiger partial charge in [0.2, 0.25) is 0 Å². The Kier molecular flexibility index (Phi) is 10.1. The van der Waals surface area contributed by atoms with E-state index in [4.69, 9.17) is 19.3 Å². The number of aliphatic carboxylic acids is 2. The molecule has 23 heavy (non-hydrogen) atoms. The normalized spacial score (nSPS) is 13.2. The van der Waals surface area contributed by atoms with E-state index < -0.39 is 24.1 Å². The molecule has 2 N–H and O–H groups in total. The fourth-order valence-corrected chi connectivity index (χ4v) is 2.11. The van der Waals surface area contributed by atoms with Gasteiger partial charge in [-0.2, -0.15) is 0 Å². The minimum atomic E-state index is -1.18. The maximum absolute atomic E-state index is 11.6. The van der Waals surface area contributed by atoms with Crippen LogP contribution in [0.5, 0.6) is 0 Å². The molecule has 2 unspecified atom stereocenters. The Morgan fingerprint density at radius 1 is 0.957 bits per heavy atom. The smallest absolute Gasteiger partial charge is 0.334 e. The van der Waals surface area contributed by atoms with Gasteiger partial charge in [0.05, 0.1) is 36.6 Å². The summed E-state index contributed by atoms with van der Waals surface area (Å²) in [5, 5.41) is 18.2. The lowest BCUT2D eigenvalue weighted by atomic mass is 9.98. The summed E-state index contributed by atoms with van der Waals surface area (Å²) in [6.45, 7) is 10.8. The van der Waals surface area contributed by atoms with Gasteiger partial charge in [0, 0.05) is 13.2 Å². The summed E-state index contributed by atoms with van der Waals surface area (Å²) in [6.07, 6.45) is -0.919. The number of carboxylic acid groups (broad SMARTS) is 2. The fourth-order valence-electron chi connectivity index (χ4n) is 2.11. The molecule has 0 aromatic carbocycles. The number of carbonyl (C=O) groups is 2. The summed E-state index contributed by atoms with van der Waals surface area (Å²) >= 11 is 0. The first kappa shape index (κ1) is 21.3. The second-order valence-corrected chi connectivity index (χ2v) is 4.84. The van der Waals surface area contributed by atoms with Gasteiger partial charge in [-0.05, 0) is 33.3 Å². The lowest BCUT2D eigenvalue weighted by molar-refractivity contribution is -0.133. The average molecular weight is 330 g/mol. The highest BCUT2D eigenvalue weighted by Gasteiger charge is 2.25. The van der Waals surface area contributed by atoms with Crippen LogP contribution in [0.2, 0.25) is 0 Å². The van der Waals surface area contributed by atoms with E-state index in [1.54, 1.807) is 13.8 Å². The van der Waals surface area contributed by atoms with Gasteiger partial charge in [-0.3, -0.25) is 0 Å². The predicted molar refractivity (Wildman–Crippen MR) is 84.4 cm³/mol. The number of carboxylic acids is 2. The molecule has 0 amide bonds. The van der Waals surface area contributed by atoms with Crippen molar-refractivity contribution in [2.75, 3.05) is 26.4 Å². The van der Waals surface area contributed by atoms with Crippen LogP contribution < -0.4 is 0 Å². The van der Waals surface area contributed by atoms with E-state index >= 15 is 0 Å². The molecule has 2 atom stereocenters. The Morgan fingerprint density at radius 3 is 1.78 bits per heavy atom. The molecule has 7 nitrogen and oxygen atoms in total. The molecule has 132 valence electrons. The van der Waals surface area contributed by atoms with Crippen LogP contribution in [0.3, 0.4) is 0 Å². The number of hydrogen-bond acceptors (Lipinski definition) is 5. The molecule has 0 spiro atoms. The van der Waals surface area contributed by atoms with Crippen molar-refractivity contribution < 1.29 is 34.0 Å². The van der Waals surface area contributed by atoms with Crippen molar-refractivity contribution >= 4 is 11.9 Å². The molecule has 0 aliphatic carbocycles. The lowest BCUT2D eigenvalue weighted by Gasteiger charge is -2.24. The quantitative estimate of drug-likeness (QED) is 0.527. The average Bonchev–Trinajstić information content (AvgIpc) is 2.45. The third kappa shape index (κ3) is 7.40. The molecule has 0 aliphatic rings. The molecule has 0 fully saturated rings.